The molecule has 23 heavy (non-hydrogen) atoms. The molecule has 1 aliphatic rings. The fourth-order valence-corrected chi connectivity index (χ4v) is 3.47. The summed E-state index contributed by atoms with van der Waals surface area (Å²) in [5.41, 5.74) is 1.55. The molecule has 1 aliphatic heterocycles. The van der Waals surface area contributed by atoms with Gasteiger partial charge in [0.25, 0.3) is 5.91 Å². The van der Waals surface area contributed by atoms with E-state index in [1.807, 2.05) is 36.6 Å². The highest BCUT2D eigenvalue weighted by Crippen LogP contribution is 2.22. The molecule has 0 spiro atoms. The molecular weight excluding hydrogens is 310 g/mol. The lowest BCUT2D eigenvalue weighted by Gasteiger charge is -2.30. The van der Waals surface area contributed by atoms with E-state index in [0.717, 1.165) is 23.5 Å². The number of rotatable bonds is 4. The molecule has 3 rings (SSSR count). The summed E-state index contributed by atoms with van der Waals surface area (Å²) < 4.78 is 0. The lowest BCUT2D eigenvalue weighted by molar-refractivity contribution is 0.0474. The Kier molecular flexibility index (Phi) is 4.93. The molecule has 2 aromatic rings. The third kappa shape index (κ3) is 3.89. The van der Waals surface area contributed by atoms with Crippen LogP contribution in [0.4, 0.5) is 5.69 Å². The van der Waals surface area contributed by atoms with Crippen molar-refractivity contribution in [1.29, 1.82) is 0 Å². The number of thiazole rings is 1. The first-order chi connectivity index (χ1) is 11.1. The van der Waals surface area contributed by atoms with Gasteiger partial charge in [0, 0.05) is 35.9 Å². The highest BCUT2D eigenvalue weighted by Gasteiger charge is 2.23. The van der Waals surface area contributed by atoms with Crippen LogP contribution in [-0.2, 0) is 0 Å². The van der Waals surface area contributed by atoms with E-state index in [0.29, 0.717) is 18.7 Å². The Morgan fingerprint density at radius 3 is 3.13 bits per heavy atom. The molecule has 0 radical (unpaired) electrons. The van der Waals surface area contributed by atoms with E-state index in [2.05, 4.69) is 10.3 Å². The topological polar surface area (TPSA) is 65.5 Å². The van der Waals surface area contributed by atoms with Gasteiger partial charge in [-0.15, -0.1) is 11.3 Å². The molecule has 1 saturated heterocycles. The van der Waals surface area contributed by atoms with Crippen LogP contribution in [0.15, 0.2) is 35.8 Å². The summed E-state index contributed by atoms with van der Waals surface area (Å²) in [5, 5.41) is 16.1. The molecule has 1 aromatic heterocycles. The van der Waals surface area contributed by atoms with Crippen molar-refractivity contribution >= 4 is 22.9 Å². The van der Waals surface area contributed by atoms with Crippen molar-refractivity contribution < 1.29 is 9.90 Å². The van der Waals surface area contributed by atoms with Gasteiger partial charge in [0.1, 0.15) is 5.01 Å². The Bertz CT molecular complexity index is 660. The summed E-state index contributed by atoms with van der Waals surface area (Å²) in [5.74, 6) is -0.0192. The third-order valence-corrected chi connectivity index (χ3v) is 4.96. The maximum absolute atomic E-state index is 12.6. The SMILES string of the molecule is CC(Nc1cccc(C(=O)N2CCCC(O)C2)c1)c1nccs1. The van der Waals surface area contributed by atoms with Crippen LogP contribution in [0.5, 0.6) is 0 Å². The smallest absolute Gasteiger partial charge is 0.254 e. The molecule has 0 aliphatic carbocycles. The normalized spacial score (nSPS) is 19.4. The van der Waals surface area contributed by atoms with E-state index in [9.17, 15) is 9.90 Å². The van der Waals surface area contributed by atoms with Gasteiger partial charge < -0.3 is 15.3 Å². The maximum atomic E-state index is 12.6. The summed E-state index contributed by atoms with van der Waals surface area (Å²) >= 11 is 1.61. The number of likely N-dealkylation sites (tertiary alicyclic amines) is 1. The largest absolute Gasteiger partial charge is 0.391 e. The van der Waals surface area contributed by atoms with E-state index in [-0.39, 0.29) is 11.9 Å². The van der Waals surface area contributed by atoms with Gasteiger partial charge in [0.2, 0.25) is 0 Å². The van der Waals surface area contributed by atoms with Gasteiger partial charge in [0.15, 0.2) is 0 Å². The zero-order valence-corrected chi connectivity index (χ0v) is 13.9. The van der Waals surface area contributed by atoms with E-state index < -0.39 is 6.10 Å². The van der Waals surface area contributed by atoms with Crippen molar-refractivity contribution in [3.05, 3.63) is 46.4 Å². The predicted octanol–water partition coefficient (Wildman–Crippen LogP) is 2.91. The molecule has 5 nitrogen and oxygen atoms in total. The summed E-state index contributed by atoms with van der Waals surface area (Å²) in [6.07, 6.45) is 3.02. The first-order valence-corrected chi connectivity index (χ1v) is 8.75. The minimum absolute atomic E-state index is 0.0192. The molecule has 6 heteroatoms. The van der Waals surface area contributed by atoms with Crippen LogP contribution in [-0.4, -0.2) is 40.1 Å². The van der Waals surface area contributed by atoms with Crippen LogP contribution in [0.1, 0.15) is 41.2 Å². The van der Waals surface area contributed by atoms with Gasteiger partial charge in [-0.2, -0.15) is 0 Å². The summed E-state index contributed by atoms with van der Waals surface area (Å²) in [6.45, 7) is 3.18. The standard InChI is InChI=1S/C17H21N3O2S/c1-12(16-18-7-9-23-16)19-14-5-2-4-13(10-14)17(22)20-8-3-6-15(21)11-20/h2,4-5,7,9-10,12,15,19,21H,3,6,8,11H2,1H3. The Labute approximate surface area is 140 Å². The third-order valence-electron chi connectivity index (χ3n) is 4.00. The average Bonchev–Trinajstić information content (AvgIpc) is 3.09. The molecule has 0 bridgehead atoms. The van der Waals surface area contributed by atoms with Crippen LogP contribution < -0.4 is 5.32 Å². The molecule has 0 saturated carbocycles. The number of carbonyl (C=O) groups is 1. The minimum Gasteiger partial charge on any atom is -0.391 e. The Morgan fingerprint density at radius 1 is 1.52 bits per heavy atom. The zero-order chi connectivity index (χ0) is 16.2. The summed E-state index contributed by atoms with van der Waals surface area (Å²) in [4.78, 5) is 18.6. The lowest BCUT2D eigenvalue weighted by Crippen LogP contribution is -2.42. The van der Waals surface area contributed by atoms with Crippen LogP contribution >= 0.6 is 11.3 Å². The molecule has 2 unspecified atom stereocenters. The first kappa shape index (κ1) is 16.0. The second-order valence-electron chi connectivity index (χ2n) is 5.86. The van der Waals surface area contributed by atoms with Crippen LogP contribution in [0.3, 0.4) is 0 Å². The Balaban J connectivity index is 1.70. The van der Waals surface area contributed by atoms with E-state index in [4.69, 9.17) is 0 Å². The van der Waals surface area contributed by atoms with Gasteiger partial charge in [-0.05, 0) is 38.0 Å². The van der Waals surface area contributed by atoms with Crippen molar-refractivity contribution in [2.45, 2.75) is 31.9 Å². The fourth-order valence-electron chi connectivity index (χ4n) is 2.82. The summed E-state index contributed by atoms with van der Waals surface area (Å²) in [6, 6.07) is 7.61. The van der Waals surface area contributed by atoms with E-state index in [1.165, 1.54) is 0 Å². The van der Waals surface area contributed by atoms with Crippen molar-refractivity contribution in [2.75, 3.05) is 18.4 Å². The quantitative estimate of drug-likeness (QED) is 0.904. The number of carbonyl (C=O) groups excluding carboxylic acids is 1. The number of β-amino-alcohol motifs (C(OH)–C–C–N with tert-alkyl or cyclic N) is 1. The number of nitrogens with zero attached hydrogens (tertiary/aromatic N) is 2. The zero-order valence-electron chi connectivity index (χ0n) is 13.1. The number of aliphatic hydroxyl groups excluding tert-OH is 1. The molecule has 2 heterocycles. The molecular formula is C17H21N3O2S. The van der Waals surface area contributed by atoms with Gasteiger partial charge in [-0.1, -0.05) is 6.07 Å². The molecule has 1 aromatic carbocycles. The van der Waals surface area contributed by atoms with Gasteiger partial charge in [0.05, 0.1) is 12.1 Å². The van der Waals surface area contributed by atoms with Crippen LogP contribution in [0.25, 0.3) is 0 Å². The number of hydrogen-bond donors (Lipinski definition) is 2. The number of hydrogen-bond acceptors (Lipinski definition) is 5. The second-order valence-corrected chi connectivity index (χ2v) is 6.79. The highest BCUT2D eigenvalue weighted by atomic mass is 32.1. The van der Waals surface area contributed by atoms with Crippen molar-refractivity contribution in [2.24, 2.45) is 0 Å². The van der Waals surface area contributed by atoms with Crippen LogP contribution in [0.2, 0.25) is 0 Å². The van der Waals surface area contributed by atoms with Crippen molar-refractivity contribution in [3.63, 3.8) is 0 Å². The predicted molar refractivity (Wildman–Crippen MR) is 91.7 cm³/mol. The molecule has 2 N–H and O–H groups in total. The second kappa shape index (κ2) is 7.10. The minimum atomic E-state index is -0.404. The number of aromatic nitrogens is 1. The first-order valence-electron chi connectivity index (χ1n) is 7.87. The van der Waals surface area contributed by atoms with Gasteiger partial charge >= 0.3 is 0 Å². The fraction of sp³-hybridized carbons (Fsp3) is 0.412. The monoisotopic (exact) mass is 331 g/mol. The average molecular weight is 331 g/mol. The van der Waals surface area contributed by atoms with Crippen molar-refractivity contribution in [1.82, 2.24) is 9.88 Å². The summed E-state index contributed by atoms with van der Waals surface area (Å²) in [7, 11) is 0. The number of piperidine rings is 1. The molecule has 122 valence electrons. The Hall–Kier alpha value is -1.92. The molecule has 1 fully saturated rings. The van der Waals surface area contributed by atoms with Gasteiger partial charge in [-0.3, -0.25) is 4.79 Å². The number of benzene rings is 1. The lowest BCUT2D eigenvalue weighted by atomic mass is 10.1. The van der Waals surface area contributed by atoms with E-state index in [1.54, 1.807) is 22.4 Å². The van der Waals surface area contributed by atoms with E-state index >= 15 is 0 Å². The highest BCUT2D eigenvalue weighted by molar-refractivity contribution is 7.09. The number of nitrogens with one attached hydrogen (secondary N) is 1. The van der Waals surface area contributed by atoms with Crippen molar-refractivity contribution in [3.8, 4) is 0 Å². The number of anilines is 1. The van der Waals surface area contributed by atoms with Gasteiger partial charge in [-0.25, -0.2) is 4.98 Å². The van der Waals surface area contributed by atoms with Crippen LogP contribution in [0, 0.1) is 0 Å². The number of aliphatic hydroxyl groups is 1. The maximum Gasteiger partial charge on any atom is 0.254 e. The molecule has 1 amide bonds. The Morgan fingerprint density at radius 2 is 2.39 bits per heavy atom. The molecule has 2 atom stereocenters. The number of amides is 1.